The summed E-state index contributed by atoms with van der Waals surface area (Å²) in [6, 6.07) is 1.82. The summed E-state index contributed by atoms with van der Waals surface area (Å²) in [5.41, 5.74) is 0. The van der Waals surface area contributed by atoms with Crippen molar-refractivity contribution in [1.82, 2.24) is 0 Å². The zero-order valence-corrected chi connectivity index (χ0v) is 7.87. The van der Waals surface area contributed by atoms with Crippen molar-refractivity contribution in [3.8, 4) is 6.07 Å². The average Bonchev–Trinajstić information content (AvgIpc) is 2.05. The third-order valence-electron chi connectivity index (χ3n) is 1.51. The van der Waals surface area contributed by atoms with Crippen LogP contribution in [0.2, 0.25) is 0 Å². The highest BCUT2D eigenvalue weighted by Gasteiger charge is 2.18. The summed E-state index contributed by atoms with van der Waals surface area (Å²) in [6.07, 6.45) is 0.502. The van der Waals surface area contributed by atoms with Gasteiger partial charge in [-0.15, -0.1) is 0 Å². The normalized spacial score (nSPS) is 11.5. The first kappa shape index (κ1) is 11.6. The highest BCUT2D eigenvalue weighted by atomic mass is 16.5. The Morgan fingerprint density at radius 2 is 2.15 bits per heavy atom. The number of carbonyl (C=O) groups is 2. The van der Waals surface area contributed by atoms with Crippen LogP contribution in [0.1, 0.15) is 26.7 Å². The quantitative estimate of drug-likeness (QED) is 0.597. The molecule has 0 aliphatic carbocycles. The predicted molar refractivity (Wildman–Crippen MR) is 45.7 cm³/mol. The maximum atomic E-state index is 11.0. The van der Waals surface area contributed by atoms with Crippen molar-refractivity contribution in [2.24, 2.45) is 5.92 Å². The molecule has 0 N–H and O–H groups in total. The highest BCUT2D eigenvalue weighted by Crippen LogP contribution is 2.07. The van der Waals surface area contributed by atoms with E-state index < -0.39 is 11.9 Å². The minimum absolute atomic E-state index is 0.0236. The molecule has 0 bridgehead atoms. The first-order valence-corrected chi connectivity index (χ1v) is 4.17. The molecule has 4 heteroatoms. The fourth-order valence-electron chi connectivity index (χ4n) is 0.826. The van der Waals surface area contributed by atoms with Gasteiger partial charge in [0, 0.05) is 6.42 Å². The van der Waals surface area contributed by atoms with E-state index in [0.717, 1.165) is 0 Å². The molecule has 0 saturated heterocycles. The van der Waals surface area contributed by atoms with E-state index >= 15 is 0 Å². The molecule has 1 unspecified atom stereocenters. The average molecular weight is 183 g/mol. The van der Waals surface area contributed by atoms with Gasteiger partial charge in [-0.2, -0.15) is 5.26 Å². The molecule has 0 aromatic rings. The van der Waals surface area contributed by atoms with Gasteiger partial charge in [0.1, 0.15) is 11.7 Å². The number of hydrogen-bond acceptors (Lipinski definition) is 4. The van der Waals surface area contributed by atoms with Crippen molar-refractivity contribution >= 4 is 11.8 Å². The number of rotatable bonds is 5. The summed E-state index contributed by atoms with van der Waals surface area (Å²) < 4.78 is 4.65. The lowest BCUT2D eigenvalue weighted by molar-refractivity contribution is -0.146. The molecule has 0 aliphatic rings. The van der Waals surface area contributed by atoms with Crippen LogP contribution in [0.4, 0.5) is 0 Å². The van der Waals surface area contributed by atoms with Gasteiger partial charge in [-0.25, -0.2) is 0 Å². The van der Waals surface area contributed by atoms with E-state index in [-0.39, 0.29) is 25.2 Å². The van der Waals surface area contributed by atoms with E-state index in [1.165, 1.54) is 6.92 Å². The van der Waals surface area contributed by atoms with Crippen LogP contribution >= 0.6 is 0 Å². The largest absolute Gasteiger partial charge is 0.465 e. The molecule has 0 saturated carbocycles. The number of carbonyl (C=O) groups excluding carboxylic acids is 2. The first-order valence-electron chi connectivity index (χ1n) is 4.17. The Balaban J connectivity index is 3.97. The van der Waals surface area contributed by atoms with Crippen molar-refractivity contribution in [2.45, 2.75) is 26.7 Å². The van der Waals surface area contributed by atoms with Gasteiger partial charge in [-0.05, 0) is 20.3 Å². The van der Waals surface area contributed by atoms with Crippen LogP contribution in [-0.4, -0.2) is 18.4 Å². The van der Waals surface area contributed by atoms with Gasteiger partial charge in [0.25, 0.3) is 0 Å². The summed E-state index contributed by atoms with van der Waals surface area (Å²) in [6.45, 7) is 3.37. The zero-order chi connectivity index (χ0) is 10.3. The van der Waals surface area contributed by atoms with Gasteiger partial charge in [0.2, 0.25) is 0 Å². The lowest BCUT2D eigenvalue weighted by Crippen LogP contribution is -2.16. The van der Waals surface area contributed by atoms with Gasteiger partial charge in [-0.3, -0.25) is 4.79 Å². The van der Waals surface area contributed by atoms with E-state index in [4.69, 9.17) is 5.26 Å². The highest BCUT2D eigenvalue weighted by molar-refractivity contribution is 5.78. The van der Waals surface area contributed by atoms with Gasteiger partial charge in [0.15, 0.2) is 0 Å². The number of hydrogen-bond donors (Lipinski definition) is 0. The summed E-state index contributed by atoms with van der Waals surface area (Å²) >= 11 is 0. The second-order valence-electron chi connectivity index (χ2n) is 2.67. The number of nitriles is 1. The molecule has 0 aromatic carbocycles. The lowest BCUT2D eigenvalue weighted by Gasteiger charge is -2.06. The van der Waals surface area contributed by atoms with Crippen LogP contribution in [0, 0.1) is 17.2 Å². The summed E-state index contributed by atoms with van der Waals surface area (Å²) in [4.78, 5) is 21.6. The summed E-state index contributed by atoms with van der Waals surface area (Å²) in [5.74, 6) is -1.36. The van der Waals surface area contributed by atoms with Crippen molar-refractivity contribution in [1.29, 1.82) is 5.26 Å². The van der Waals surface area contributed by atoms with Crippen LogP contribution in [0.3, 0.4) is 0 Å². The fraction of sp³-hybridized carbons (Fsp3) is 0.667. The number of ketones is 1. The standard InChI is InChI=1S/C9H13NO3/c1-3-13-9(12)8(6-10)5-4-7(2)11/h8H,3-5H2,1-2H3. The molecule has 4 nitrogen and oxygen atoms in total. The second kappa shape index (κ2) is 6.18. The maximum Gasteiger partial charge on any atom is 0.323 e. The van der Waals surface area contributed by atoms with E-state index in [2.05, 4.69) is 4.74 Å². The molecular formula is C9H13NO3. The van der Waals surface area contributed by atoms with Crippen LogP contribution in [0.5, 0.6) is 0 Å². The Kier molecular flexibility index (Phi) is 5.53. The maximum absolute atomic E-state index is 11.0. The minimum atomic E-state index is -0.802. The Morgan fingerprint density at radius 1 is 1.54 bits per heavy atom. The molecule has 0 amide bonds. The number of esters is 1. The van der Waals surface area contributed by atoms with Crippen LogP contribution < -0.4 is 0 Å². The molecule has 0 heterocycles. The Morgan fingerprint density at radius 3 is 2.54 bits per heavy atom. The van der Waals surface area contributed by atoms with E-state index in [9.17, 15) is 9.59 Å². The Hall–Kier alpha value is -1.37. The smallest absolute Gasteiger partial charge is 0.323 e. The molecule has 72 valence electrons. The molecule has 0 radical (unpaired) electrons. The zero-order valence-electron chi connectivity index (χ0n) is 7.87. The third kappa shape index (κ3) is 4.96. The van der Waals surface area contributed by atoms with E-state index in [1.54, 1.807) is 6.92 Å². The number of nitrogens with zero attached hydrogens (tertiary/aromatic N) is 1. The van der Waals surface area contributed by atoms with Crippen molar-refractivity contribution in [3.05, 3.63) is 0 Å². The minimum Gasteiger partial charge on any atom is -0.465 e. The molecule has 0 aromatic heterocycles. The van der Waals surface area contributed by atoms with Crippen LogP contribution in [0.15, 0.2) is 0 Å². The predicted octanol–water partition coefficient (Wildman–Crippen LogP) is 1.06. The van der Waals surface area contributed by atoms with Gasteiger partial charge >= 0.3 is 5.97 Å². The molecule has 0 fully saturated rings. The van der Waals surface area contributed by atoms with Crippen molar-refractivity contribution < 1.29 is 14.3 Å². The Bertz CT molecular complexity index is 230. The molecule has 13 heavy (non-hydrogen) atoms. The van der Waals surface area contributed by atoms with E-state index in [1.807, 2.05) is 6.07 Å². The molecule has 0 rings (SSSR count). The fourth-order valence-corrected chi connectivity index (χ4v) is 0.826. The lowest BCUT2D eigenvalue weighted by atomic mass is 10.0. The molecular weight excluding hydrogens is 170 g/mol. The molecule has 1 atom stereocenters. The van der Waals surface area contributed by atoms with Crippen molar-refractivity contribution in [2.75, 3.05) is 6.61 Å². The Labute approximate surface area is 77.5 Å². The topological polar surface area (TPSA) is 67.2 Å². The monoisotopic (exact) mass is 183 g/mol. The summed E-state index contributed by atoms with van der Waals surface area (Å²) in [7, 11) is 0. The van der Waals surface area contributed by atoms with Crippen LogP contribution in [0.25, 0.3) is 0 Å². The summed E-state index contributed by atoms with van der Waals surface area (Å²) in [5, 5.41) is 8.57. The third-order valence-corrected chi connectivity index (χ3v) is 1.51. The van der Waals surface area contributed by atoms with Crippen molar-refractivity contribution in [3.63, 3.8) is 0 Å². The molecule has 0 aliphatic heterocycles. The van der Waals surface area contributed by atoms with Gasteiger partial charge < -0.3 is 9.53 Å². The second-order valence-corrected chi connectivity index (χ2v) is 2.67. The first-order chi connectivity index (χ1) is 6.11. The number of ether oxygens (including phenoxy) is 1. The SMILES string of the molecule is CCOC(=O)C(C#N)CCC(C)=O. The van der Waals surface area contributed by atoms with E-state index in [0.29, 0.717) is 0 Å². The number of Topliss-reactive ketones (excluding diaryl/α,β-unsaturated/α-hetero) is 1. The van der Waals surface area contributed by atoms with Gasteiger partial charge in [0.05, 0.1) is 12.7 Å². The van der Waals surface area contributed by atoms with Crippen LogP contribution in [-0.2, 0) is 14.3 Å². The molecule has 0 spiro atoms. The van der Waals surface area contributed by atoms with Gasteiger partial charge in [-0.1, -0.05) is 0 Å².